The second-order valence-corrected chi connectivity index (χ2v) is 7.51. The lowest BCUT2D eigenvalue weighted by Crippen LogP contribution is -2.41. The van der Waals surface area contributed by atoms with Crippen LogP contribution in [0.2, 0.25) is 0 Å². The number of rotatable bonds is 5. The van der Waals surface area contributed by atoms with Crippen LogP contribution in [0.15, 0.2) is 41.6 Å². The third-order valence-corrected chi connectivity index (χ3v) is 5.51. The van der Waals surface area contributed by atoms with Gasteiger partial charge in [0.05, 0.1) is 24.4 Å². The molecule has 2 aliphatic rings. The Morgan fingerprint density at radius 1 is 1.17 bits per heavy atom. The second kappa shape index (κ2) is 8.56. The Bertz CT molecular complexity index is 959. The molecule has 1 fully saturated rings. The zero-order valence-electron chi connectivity index (χ0n) is 16.4. The first-order valence-corrected chi connectivity index (χ1v) is 9.98. The highest BCUT2D eigenvalue weighted by Crippen LogP contribution is 2.32. The molecule has 3 heterocycles. The maximum atomic E-state index is 13.8. The van der Waals surface area contributed by atoms with Crippen molar-refractivity contribution in [3.8, 4) is 0 Å². The summed E-state index contributed by atoms with van der Waals surface area (Å²) in [5, 5.41) is 5.94. The van der Waals surface area contributed by atoms with Crippen molar-refractivity contribution >= 4 is 24.0 Å². The molecule has 0 bridgehead atoms. The van der Waals surface area contributed by atoms with E-state index in [0.717, 1.165) is 11.8 Å². The molecule has 1 aromatic carbocycles. The van der Waals surface area contributed by atoms with E-state index in [4.69, 9.17) is 5.73 Å². The number of aromatic nitrogens is 2. The van der Waals surface area contributed by atoms with Crippen molar-refractivity contribution in [3.05, 3.63) is 53.6 Å². The fourth-order valence-corrected chi connectivity index (χ4v) is 3.92. The fraction of sp³-hybridized carbons (Fsp3) is 0.381. The molecule has 0 radical (unpaired) electrons. The van der Waals surface area contributed by atoms with E-state index in [2.05, 4.69) is 15.1 Å². The number of anilines is 1. The Morgan fingerprint density at radius 3 is 2.60 bits per heavy atom. The maximum Gasteiger partial charge on any atom is 0.246 e. The number of piperidine rings is 1. The molecule has 156 valence electrons. The van der Waals surface area contributed by atoms with Crippen molar-refractivity contribution in [2.45, 2.75) is 31.7 Å². The summed E-state index contributed by atoms with van der Waals surface area (Å²) in [5.74, 6) is -1.08. The SMILES string of the molecule is NC(=O)Cc1nc(N2CCC(C(=O)N3N=CC[C@H]3c3ccccc3)CC2)ncc1F. The zero-order chi connectivity index (χ0) is 21.1. The first kappa shape index (κ1) is 19.9. The average molecular weight is 410 g/mol. The topological polar surface area (TPSA) is 105 Å². The molecule has 4 rings (SSSR count). The minimum atomic E-state index is -0.651. The van der Waals surface area contributed by atoms with E-state index in [-0.39, 0.29) is 30.0 Å². The summed E-state index contributed by atoms with van der Waals surface area (Å²) in [6, 6.07) is 9.84. The highest BCUT2D eigenvalue weighted by atomic mass is 19.1. The van der Waals surface area contributed by atoms with Crippen LogP contribution in [0.1, 0.15) is 36.6 Å². The van der Waals surface area contributed by atoms with Gasteiger partial charge in [-0.3, -0.25) is 9.59 Å². The van der Waals surface area contributed by atoms with Crippen molar-refractivity contribution < 1.29 is 14.0 Å². The molecule has 0 saturated carbocycles. The van der Waals surface area contributed by atoms with Gasteiger partial charge >= 0.3 is 0 Å². The van der Waals surface area contributed by atoms with E-state index < -0.39 is 11.7 Å². The summed E-state index contributed by atoms with van der Waals surface area (Å²) in [5.41, 5.74) is 6.21. The van der Waals surface area contributed by atoms with E-state index >= 15 is 0 Å². The Hall–Kier alpha value is -3.36. The third-order valence-electron chi connectivity index (χ3n) is 5.51. The predicted octanol–water partition coefficient (Wildman–Crippen LogP) is 1.82. The molecule has 1 aromatic heterocycles. The Balaban J connectivity index is 1.40. The maximum absolute atomic E-state index is 13.8. The standard InChI is InChI=1S/C21H23FN6O2/c22-16-13-24-21(26-17(16)12-19(23)29)27-10-7-15(8-11-27)20(30)28-18(6-9-25-28)14-4-2-1-3-5-14/h1-5,9,13,15,18H,6-8,10-12H2,(H2,23,29)/t18-/m0/s1. The van der Waals surface area contributed by atoms with Gasteiger partial charge in [0.15, 0.2) is 5.82 Å². The molecule has 2 aromatic rings. The summed E-state index contributed by atoms with van der Waals surface area (Å²) >= 11 is 0. The van der Waals surface area contributed by atoms with Gasteiger partial charge in [0.1, 0.15) is 0 Å². The molecule has 2 N–H and O–H groups in total. The summed E-state index contributed by atoms with van der Waals surface area (Å²) in [6.07, 6.45) is 4.53. The third kappa shape index (κ3) is 4.14. The van der Waals surface area contributed by atoms with Crippen molar-refractivity contribution in [1.29, 1.82) is 0 Å². The van der Waals surface area contributed by atoms with E-state index in [1.54, 1.807) is 11.2 Å². The summed E-state index contributed by atoms with van der Waals surface area (Å²) in [6.45, 7) is 1.12. The van der Waals surface area contributed by atoms with Gasteiger partial charge < -0.3 is 10.6 Å². The van der Waals surface area contributed by atoms with E-state index in [9.17, 15) is 14.0 Å². The summed E-state index contributed by atoms with van der Waals surface area (Å²) < 4.78 is 13.8. The largest absolute Gasteiger partial charge is 0.369 e. The molecular weight excluding hydrogens is 387 g/mol. The number of amides is 2. The molecule has 0 spiro atoms. The first-order valence-electron chi connectivity index (χ1n) is 9.98. The van der Waals surface area contributed by atoms with Gasteiger partial charge in [-0.15, -0.1) is 0 Å². The molecule has 0 unspecified atom stereocenters. The lowest BCUT2D eigenvalue weighted by molar-refractivity contribution is -0.138. The Labute approximate surface area is 173 Å². The number of hydrazone groups is 1. The zero-order valence-corrected chi connectivity index (χ0v) is 16.4. The summed E-state index contributed by atoms with van der Waals surface area (Å²) in [4.78, 5) is 34.3. The van der Waals surface area contributed by atoms with Crippen LogP contribution in [-0.2, 0) is 16.0 Å². The van der Waals surface area contributed by atoms with Gasteiger partial charge in [0.2, 0.25) is 17.8 Å². The number of carbonyl (C=O) groups is 2. The van der Waals surface area contributed by atoms with E-state index in [1.165, 1.54) is 0 Å². The normalized spacial score (nSPS) is 19.3. The molecule has 2 amide bonds. The van der Waals surface area contributed by atoms with Crippen molar-refractivity contribution in [3.63, 3.8) is 0 Å². The van der Waals surface area contributed by atoms with Gasteiger partial charge in [0, 0.05) is 31.6 Å². The van der Waals surface area contributed by atoms with Crippen molar-refractivity contribution in [2.75, 3.05) is 18.0 Å². The lowest BCUT2D eigenvalue weighted by Gasteiger charge is -2.33. The van der Waals surface area contributed by atoms with Crippen LogP contribution in [0.3, 0.4) is 0 Å². The molecule has 2 aliphatic heterocycles. The first-order chi connectivity index (χ1) is 14.5. The van der Waals surface area contributed by atoms with Crippen molar-refractivity contribution in [2.24, 2.45) is 16.8 Å². The number of nitrogens with two attached hydrogens (primary N) is 1. The quantitative estimate of drug-likeness (QED) is 0.810. The smallest absolute Gasteiger partial charge is 0.246 e. The molecule has 8 nitrogen and oxygen atoms in total. The second-order valence-electron chi connectivity index (χ2n) is 7.51. The van der Waals surface area contributed by atoms with E-state index in [0.29, 0.717) is 38.3 Å². The van der Waals surface area contributed by atoms with Crippen LogP contribution in [0.25, 0.3) is 0 Å². The molecule has 9 heteroatoms. The van der Waals surface area contributed by atoms with Crippen LogP contribution in [0.4, 0.5) is 10.3 Å². The van der Waals surface area contributed by atoms with Gasteiger partial charge in [-0.1, -0.05) is 30.3 Å². The number of halogens is 1. The Kier molecular flexibility index (Phi) is 5.69. The molecular formula is C21H23FN6O2. The fourth-order valence-electron chi connectivity index (χ4n) is 3.92. The number of carbonyl (C=O) groups excluding carboxylic acids is 2. The molecule has 1 saturated heterocycles. The van der Waals surface area contributed by atoms with Gasteiger partial charge in [-0.2, -0.15) is 5.10 Å². The van der Waals surface area contributed by atoms with Crippen LogP contribution in [-0.4, -0.2) is 46.1 Å². The van der Waals surface area contributed by atoms with Crippen LogP contribution in [0, 0.1) is 11.7 Å². The van der Waals surface area contributed by atoms with Gasteiger partial charge in [0.25, 0.3) is 0 Å². The molecule has 1 atom stereocenters. The van der Waals surface area contributed by atoms with Crippen LogP contribution in [0.5, 0.6) is 0 Å². The average Bonchev–Trinajstić information content (AvgIpc) is 3.25. The highest BCUT2D eigenvalue weighted by molar-refractivity contribution is 5.82. The lowest BCUT2D eigenvalue weighted by atomic mass is 9.94. The number of benzene rings is 1. The monoisotopic (exact) mass is 410 g/mol. The van der Waals surface area contributed by atoms with Crippen LogP contribution >= 0.6 is 0 Å². The highest BCUT2D eigenvalue weighted by Gasteiger charge is 2.35. The van der Waals surface area contributed by atoms with Gasteiger partial charge in [-0.25, -0.2) is 19.4 Å². The Morgan fingerprint density at radius 2 is 1.90 bits per heavy atom. The minimum Gasteiger partial charge on any atom is -0.369 e. The van der Waals surface area contributed by atoms with Gasteiger partial charge in [-0.05, 0) is 18.4 Å². The number of hydrogen-bond acceptors (Lipinski definition) is 6. The van der Waals surface area contributed by atoms with E-state index in [1.807, 2.05) is 35.2 Å². The van der Waals surface area contributed by atoms with Crippen LogP contribution < -0.4 is 10.6 Å². The van der Waals surface area contributed by atoms with Crippen molar-refractivity contribution in [1.82, 2.24) is 15.0 Å². The predicted molar refractivity (Wildman–Crippen MR) is 109 cm³/mol. The molecule has 30 heavy (non-hydrogen) atoms. The minimum absolute atomic E-state index is 0.0113. The summed E-state index contributed by atoms with van der Waals surface area (Å²) in [7, 11) is 0. The number of nitrogens with zero attached hydrogens (tertiary/aromatic N) is 5. The number of primary amides is 1. The number of hydrogen-bond donors (Lipinski definition) is 1. The molecule has 0 aliphatic carbocycles.